The highest BCUT2D eigenvalue weighted by molar-refractivity contribution is 5.55. The van der Waals surface area contributed by atoms with Gasteiger partial charge in [-0.05, 0) is 31.5 Å². The molecule has 3 rings (SSSR count). The fraction of sp³-hybridized carbons (Fsp3) is 0.571. The molecule has 0 saturated carbocycles. The van der Waals surface area contributed by atoms with Crippen molar-refractivity contribution in [2.45, 2.75) is 25.3 Å². The quantitative estimate of drug-likeness (QED) is 0.858. The lowest BCUT2D eigenvalue weighted by Gasteiger charge is -2.24. The summed E-state index contributed by atoms with van der Waals surface area (Å²) < 4.78 is 11.1. The van der Waals surface area contributed by atoms with Crippen molar-refractivity contribution in [1.82, 2.24) is 5.32 Å². The van der Waals surface area contributed by atoms with Gasteiger partial charge >= 0.3 is 0 Å². The highest BCUT2D eigenvalue weighted by atomic mass is 16.6. The van der Waals surface area contributed by atoms with Gasteiger partial charge < -0.3 is 20.1 Å². The van der Waals surface area contributed by atoms with Crippen LogP contribution in [0.3, 0.4) is 0 Å². The Hall–Kier alpha value is -1.42. The average molecular weight is 248 g/mol. The molecule has 1 saturated heterocycles. The van der Waals surface area contributed by atoms with Gasteiger partial charge in [-0.15, -0.1) is 0 Å². The van der Waals surface area contributed by atoms with E-state index in [1.165, 1.54) is 19.3 Å². The Morgan fingerprint density at radius 3 is 2.89 bits per heavy atom. The van der Waals surface area contributed by atoms with Gasteiger partial charge in [0.05, 0.1) is 0 Å². The molecule has 0 radical (unpaired) electrons. The van der Waals surface area contributed by atoms with Gasteiger partial charge in [-0.2, -0.15) is 0 Å². The van der Waals surface area contributed by atoms with E-state index in [2.05, 4.69) is 16.7 Å². The Morgan fingerprint density at radius 1 is 1.17 bits per heavy atom. The van der Waals surface area contributed by atoms with Gasteiger partial charge in [-0.1, -0.05) is 6.42 Å². The minimum atomic E-state index is 0.590. The van der Waals surface area contributed by atoms with Crippen LogP contribution in [-0.2, 0) is 0 Å². The van der Waals surface area contributed by atoms with Crippen molar-refractivity contribution in [3.8, 4) is 11.5 Å². The molecule has 2 aliphatic rings. The van der Waals surface area contributed by atoms with Gasteiger partial charge in [0.15, 0.2) is 11.5 Å². The third kappa shape index (κ3) is 2.70. The van der Waals surface area contributed by atoms with Crippen molar-refractivity contribution in [1.29, 1.82) is 0 Å². The Morgan fingerprint density at radius 2 is 2.06 bits per heavy atom. The third-order valence-electron chi connectivity index (χ3n) is 3.51. The maximum absolute atomic E-state index is 5.58. The first-order valence-corrected chi connectivity index (χ1v) is 6.79. The molecule has 4 nitrogen and oxygen atoms in total. The van der Waals surface area contributed by atoms with Gasteiger partial charge in [0, 0.05) is 24.3 Å². The number of hydrogen-bond acceptors (Lipinski definition) is 4. The molecule has 0 spiro atoms. The maximum atomic E-state index is 5.58. The van der Waals surface area contributed by atoms with Crippen LogP contribution in [0.5, 0.6) is 11.5 Å². The first-order chi connectivity index (χ1) is 8.92. The number of ether oxygens (including phenoxy) is 2. The van der Waals surface area contributed by atoms with Crippen LogP contribution in [0, 0.1) is 0 Å². The molecule has 1 aromatic carbocycles. The zero-order valence-electron chi connectivity index (χ0n) is 10.6. The summed E-state index contributed by atoms with van der Waals surface area (Å²) in [6.45, 7) is 3.40. The molecule has 2 heterocycles. The van der Waals surface area contributed by atoms with Crippen LogP contribution in [0.1, 0.15) is 19.3 Å². The van der Waals surface area contributed by atoms with Crippen molar-refractivity contribution >= 4 is 5.69 Å². The number of nitrogens with one attached hydrogen (secondary N) is 2. The Kier molecular flexibility index (Phi) is 3.55. The SMILES string of the molecule is c1cc2c(cc1NCC1CCCCN1)OCCO2. The Bertz CT molecular complexity index is 403. The van der Waals surface area contributed by atoms with Crippen molar-refractivity contribution in [2.75, 3.05) is 31.6 Å². The maximum Gasteiger partial charge on any atom is 0.163 e. The Labute approximate surface area is 108 Å². The molecule has 98 valence electrons. The second-order valence-corrected chi connectivity index (χ2v) is 4.89. The van der Waals surface area contributed by atoms with E-state index in [1.807, 2.05) is 12.1 Å². The van der Waals surface area contributed by atoms with Crippen LogP contribution in [0.4, 0.5) is 5.69 Å². The van der Waals surface area contributed by atoms with Crippen molar-refractivity contribution in [3.63, 3.8) is 0 Å². The van der Waals surface area contributed by atoms with Crippen LogP contribution < -0.4 is 20.1 Å². The van der Waals surface area contributed by atoms with Gasteiger partial charge in [0.1, 0.15) is 13.2 Å². The highest BCUT2D eigenvalue weighted by Crippen LogP contribution is 2.32. The summed E-state index contributed by atoms with van der Waals surface area (Å²) in [5.41, 5.74) is 1.10. The zero-order chi connectivity index (χ0) is 12.2. The van der Waals surface area contributed by atoms with E-state index in [1.54, 1.807) is 0 Å². The van der Waals surface area contributed by atoms with E-state index in [4.69, 9.17) is 9.47 Å². The van der Waals surface area contributed by atoms with Gasteiger partial charge in [-0.25, -0.2) is 0 Å². The predicted octanol–water partition coefficient (Wildman–Crippen LogP) is 2.01. The van der Waals surface area contributed by atoms with E-state index in [-0.39, 0.29) is 0 Å². The summed E-state index contributed by atoms with van der Waals surface area (Å²) in [6.07, 6.45) is 3.90. The monoisotopic (exact) mass is 248 g/mol. The molecule has 2 aliphatic heterocycles. The second-order valence-electron chi connectivity index (χ2n) is 4.89. The predicted molar refractivity (Wildman–Crippen MR) is 71.6 cm³/mol. The summed E-state index contributed by atoms with van der Waals surface area (Å²) in [4.78, 5) is 0. The Balaban J connectivity index is 1.58. The van der Waals surface area contributed by atoms with Crippen molar-refractivity contribution < 1.29 is 9.47 Å². The van der Waals surface area contributed by atoms with Crippen LogP contribution in [0.15, 0.2) is 18.2 Å². The molecule has 0 aromatic heterocycles. The van der Waals surface area contributed by atoms with Gasteiger partial charge in [0.25, 0.3) is 0 Å². The van der Waals surface area contributed by atoms with Crippen molar-refractivity contribution in [2.24, 2.45) is 0 Å². The summed E-state index contributed by atoms with van der Waals surface area (Å²) >= 11 is 0. The van der Waals surface area contributed by atoms with E-state index >= 15 is 0 Å². The van der Waals surface area contributed by atoms with E-state index in [0.717, 1.165) is 30.3 Å². The molecular formula is C14H20N2O2. The summed E-state index contributed by atoms with van der Waals surface area (Å²) in [6, 6.07) is 6.64. The first kappa shape index (κ1) is 11.7. The molecular weight excluding hydrogens is 228 g/mol. The minimum absolute atomic E-state index is 0.590. The number of piperidine rings is 1. The topological polar surface area (TPSA) is 42.5 Å². The van der Waals surface area contributed by atoms with E-state index < -0.39 is 0 Å². The lowest BCUT2D eigenvalue weighted by Crippen LogP contribution is -2.39. The lowest BCUT2D eigenvalue weighted by atomic mass is 10.1. The molecule has 1 atom stereocenters. The molecule has 1 aromatic rings. The molecule has 18 heavy (non-hydrogen) atoms. The number of anilines is 1. The van der Waals surface area contributed by atoms with Gasteiger partial charge in [-0.3, -0.25) is 0 Å². The van der Waals surface area contributed by atoms with Crippen LogP contribution in [0.2, 0.25) is 0 Å². The molecule has 2 N–H and O–H groups in total. The minimum Gasteiger partial charge on any atom is -0.486 e. The van der Waals surface area contributed by atoms with E-state index in [0.29, 0.717) is 19.3 Å². The number of rotatable bonds is 3. The molecule has 0 bridgehead atoms. The third-order valence-corrected chi connectivity index (χ3v) is 3.51. The average Bonchev–Trinajstić information content (AvgIpc) is 2.46. The van der Waals surface area contributed by atoms with Crippen LogP contribution in [-0.4, -0.2) is 32.3 Å². The summed E-state index contributed by atoms with van der Waals surface area (Å²) in [5, 5.41) is 7.00. The standard InChI is InChI=1S/C14H20N2O2/c1-2-6-15-12(3-1)10-16-11-4-5-13-14(9-11)18-8-7-17-13/h4-5,9,12,15-16H,1-3,6-8,10H2. The zero-order valence-corrected chi connectivity index (χ0v) is 10.6. The molecule has 1 fully saturated rings. The molecule has 0 aliphatic carbocycles. The molecule has 4 heteroatoms. The van der Waals surface area contributed by atoms with Gasteiger partial charge in [0.2, 0.25) is 0 Å². The number of fused-ring (bicyclic) bond motifs is 1. The smallest absolute Gasteiger partial charge is 0.163 e. The summed E-state index contributed by atoms with van der Waals surface area (Å²) in [7, 11) is 0. The normalized spacial score (nSPS) is 22.6. The first-order valence-electron chi connectivity index (χ1n) is 6.79. The largest absolute Gasteiger partial charge is 0.486 e. The summed E-state index contributed by atoms with van der Waals surface area (Å²) in [5.74, 6) is 1.70. The number of benzene rings is 1. The lowest BCUT2D eigenvalue weighted by molar-refractivity contribution is 0.171. The second kappa shape index (κ2) is 5.48. The van der Waals surface area contributed by atoms with E-state index in [9.17, 15) is 0 Å². The molecule has 1 unspecified atom stereocenters. The fourth-order valence-corrected chi connectivity index (χ4v) is 2.49. The fourth-order valence-electron chi connectivity index (χ4n) is 2.49. The number of hydrogen-bond donors (Lipinski definition) is 2. The van der Waals surface area contributed by atoms with Crippen LogP contribution in [0.25, 0.3) is 0 Å². The van der Waals surface area contributed by atoms with Crippen LogP contribution >= 0.6 is 0 Å². The molecule has 0 amide bonds. The van der Waals surface area contributed by atoms with Crippen molar-refractivity contribution in [3.05, 3.63) is 18.2 Å². The highest BCUT2D eigenvalue weighted by Gasteiger charge is 2.14.